The molecule has 2 aromatic carbocycles. The number of methoxy groups -OCH3 is 2. The number of hydrogen-bond donors (Lipinski definition) is 2. The van der Waals surface area contributed by atoms with Gasteiger partial charge in [0.25, 0.3) is 0 Å². The quantitative estimate of drug-likeness (QED) is 0.0697. The minimum Gasteiger partial charge on any atom is -0.502 e. The Morgan fingerprint density at radius 3 is 2.32 bits per heavy atom. The number of allylic oxidation sites excluding steroid dienone is 4. The zero-order valence-electron chi connectivity index (χ0n) is 37.0. The van der Waals surface area contributed by atoms with Crippen molar-refractivity contribution in [2.75, 3.05) is 40.8 Å². The molecule has 0 saturated carbocycles. The summed E-state index contributed by atoms with van der Waals surface area (Å²) in [4.78, 5) is 26.6. The fraction of sp³-hybridized carbons (Fsp3) is 0.625. The lowest BCUT2D eigenvalue weighted by molar-refractivity contribution is -0.344. The molecule has 1 aliphatic carbocycles. The fourth-order valence-electron chi connectivity index (χ4n) is 9.22. The highest BCUT2D eigenvalue weighted by Crippen LogP contribution is 2.56. The van der Waals surface area contributed by atoms with Gasteiger partial charge in [-0.2, -0.15) is 0 Å². The molecule has 15 nitrogen and oxygen atoms in total. The maximum absolute atomic E-state index is 13.4. The molecule has 0 bridgehead atoms. The normalized spacial score (nSPS) is 27.1. The Kier molecular flexibility index (Phi) is 16.4. The molecule has 0 aromatic heterocycles. The van der Waals surface area contributed by atoms with Crippen LogP contribution >= 0.6 is 0 Å². The summed E-state index contributed by atoms with van der Waals surface area (Å²) in [6.07, 6.45) is 15.2. The molecule has 2 aromatic rings. The number of aliphatic hydroxyl groups is 1. The number of fused-ring (bicyclic) bond motifs is 4. The van der Waals surface area contributed by atoms with Crippen molar-refractivity contribution in [3.05, 3.63) is 59.2 Å². The summed E-state index contributed by atoms with van der Waals surface area (Å²) >= 11 is 0. The van der Waals surface area contributed by atoms with Crippen LogP contribution in [0, 0.1) is 11.8 Å². The number of hydrogen-bond acceptors (Lipinski definition) is 15. The fourth-order valence-corrected chi connectivity index (χ4v) is 9.22. The second-order valence-electron chi connectivity index (χ2n) is 16.8. The summed E-state index contributed by atoms with van der Waals surface area (Å²) in [5.74, 6) is -0.748. The number of aromatic hydroxyl groups is 1. The molecule has 0 radical (unpaired) electrons. The van der Waals surface area contributed by atoms with Crippen LogP contribution in [0.3, 0.4) is 0 Å². The molecule has 4 heterocycles. The van der Waals surface area contributed by atoms with E-state index in [0.717, 1.165) is 44.9 Å². The Morgan fingerprint density at radius 2 is 1.59 bits per heavy atom. The van der Waals surface area contributed by atoms with Gasteiger partial charge in [0.2, 0.25) is 24.6 Å². The number of carbonyl (C=O) groups excluding carboxylic acids is 2. The van der Waals surface area contributed by atoms with Crippen LogP contribution in [0.25, 0.3) is 0 Å². The molecule has 4 aliphatic heterocycles. The van der Waals surface area contributed by atoms with Gasteiger partial charge in [-0.25, -0.2) is 4.79 Å². The number of cyclic esters (lactones) is 1. The van der Waals surface area contributed by atoms with E-state index in [1.54, 1.807) is 19.1 Å². The van der Waals surface area contributed by atoms with E-state index in [2.05, 4.69) is 31.2 Å². The molecule has 3 saturated heterocycles. The van der Waals surface area contributed by atoms with E-state index in [-0.39, 0.29) is 61.5 Å². The first kappa shape index (κ1) is 46.3. The SMILES string of the molecule is CCCCCC=CCC=CCCCCCCCCOC(=O)O[C@H]1C2O[C@H](C)OC[C@H]2O[C@@H](Oc2c3c(cc4c2OCO4)[C@@H](c2cc(OC)c(O)c(OC)c2)C2C(=O)OC[C@@H]2C3)[C@@H]1O. The number of phenols is 1. The van der Waals surface area contributed by atoms with E-state index in [4.69, 9.17) is 52.1 Å². The molecule has 63 heavy (non-hydrogen) atoms. The summed E-state index contributed by atoms with van der Waals surface area (Å²) in [6.45, 7) is 4.27. The van der Waals surface area contributed by atoms with E-state index >= 15 is 0 Å². The number of carbonyl (C=O) groups is 2. The zero-order chi connectivity index (χ0) is 44.3. The molecule has 0 amide bonds. The third-order valence-corrected chi connectivity index (χ3v) is 12.5. The van der Waals surface area contributed by atoms with Crippen molar-refractivity contribution < 1.29 is 71.9 Å². The van der Waals surface area contributed by atoms with Gasteiger partial charge in [-0.3, -0.25) is 4.79 Å². The van der Waals surface area contributed by atoms with Crippen LogP contribution in [0.2, 0.25) is 0 Å². The summed E-state index contributed by atoms with van der Waals surface area (Å²) in [6, 6.07) is 5.15. The Balaban J connectivity index is 0.990. The molecule has 2 unspecified atom stereocenters. The van der Waals surface area contributed by atoms with Gasteiger partial charge in [-0.1, -0.05) is 69.8 Å². The Labute approximate surface area is 369 Å². The third kappa shape index (κ3) is 11.0. The molecule has 15 heteroatoms. The predicted octanol–water partition coefficient (Wildman–Crippen LogP) is 8.18. The topological polar surface area (TPSA) is 176 Å². The largest absolute Gasteiger partial charge is 0.508 e. The lowest BCUT2D eigenvalue weighted by atomic mass is 9.67. The van der Waals surface area contributed by atoms with E-state index in [9.17, 15) is 19.8 Å². The smallest absolute Gasteiger partial charge is 0.502 e. The Hall–Kier alpha value is -4.70. The lowest BCUT2D eigenvalue weighted by Crippen LogP contribution is -2.64. The number of unbranched alkanes of at least 4 members (excludes halogenated alkanes) is 9. The Bertz CT molecular complexity index is 1890. The third-order valence-electron chi connectivity index (χ3n) is 12.5. The summed E-state index contributed by atoms with van der Waals surface area (Å²) in [5.41, 5.74) is 2.00. The van der Waals surface area contributed by atoms with Crippen LogP contribution in [0.5, 0.6) is 34.5 Å². The molecule has 3 fully saturated rings. The van der Waals surface area contributed by atoms with Crippen molar-refractivity contribution >= 4 is 12.1 Å². The molecule has 5 aliphatic rings. The van der Waals surface area contributed by atoms with E-state index in [1.807, 2.05) is 6.07 Å². The molecule has 7 rings (SSSR count). The van der Waals surface area contributed by atoms with Gasteiger partial charge < -0.3 is 62.3 Å². The van der Waals surface area contributed by atoms with E-state index in [1.165, 1.54) is 39.9 Å². The van der Waals surface area contributed by atoms with Crippen molar-refractivity contribution in [2.45, 2.75) is 140 Å². The summed E-state index contributed by atoms with van der Waals surface area (Å²) in [5, 5.41) is 22.6. The number of aliphatic hydroxyl groups excluding tert-OH is 1. The van der Waals surface area contributed by atoms with Crippen LogP contribution in [0.4, 0.5) is 4.79 Å². The highest BCUT2D eigenvalue weighted by molar-refractivity contribution is 5.79. The number of phenolic OH excluding ortho intramolecular Hbond substituents is 1. The zero-order valence-corrected chi connectivity index (χ0v) is 37.0. The van der Waals surface area contributed by atoms with Crippen LogP contribution in [0.1, 0.15) is 114 Å². The van der Waals surface area contributed by atoms with Crippen molar-refractivity contribution in [2.24, 2.45) is 11.8 Å². The van der Waals surface area contributed by atoms with E-state index < -0.39 is 55.0 Å². The highest BCUT2D eigenvalue weighted by atomic mass is 16.8. The molecule has 346 valence electrons. The van der Waals surface area contributed by atoms with Gasteiger partial charge in [0.15, 0.2) is 41.5 Å². The Morgan fingerprint density at radius 1 is 0.873 bits per heavy atom. The van der Waals surface area contributed by atoms with Crippen LogP contribution in [-0.4, -0.2) is 100 Å². The van der Waals surface area contributed by atoms with Crippen LogP contribution in [-0.2, 0) is 39.6 Å². The van der Waals surface area contributed by atoms with Gasteiger partial charge in [-0.15, -0.1) is 0 Å². The second-order valence-corrected chi connectivity index (χ2v) is 16.8. The molecule has 0 spiro atoms. The highest BCUT2D eigenvalue weighted by Gasteiger charge is 2.54. The number of ether oxygens (including phenoxy) is 11. The van der Waals surface area contributed by atoms with Gasteiger partial charge in [-0.05, 0) is 81.2 Å². The van der Waals surface area contributed by atoms with E-state index in [0.29, 0.717) is 41.0 Å². The van der Waals surface area contributed by atoms with Gasteiger partial charge in [0.05, 0.1) is 40.0 Å². The van der Waals surface area contributed by atoms with Crippen molar-refractivity contribution in [1.82, 2.24) is 0 Å². The minimum absolute atomic E-state index is 0.0839. The predicted molar refractivity (Wildman–Crippen MR) is 228 cm³/mol. The lowest BCUT2D eigenvalue weighted by Gasteiger charge is -2.46. The minimum atomic E-state index is -1.53. The average molecular weight is 881 g/mol. The second kappa shape index (κ2) is 22.3. The number of esters is 1. The molecule has 9 atom stereocenters. The van der Waals surface area contributed by atoms with Crippen molar-refractivity contribution in [1.29, 1.82) is 0 Å². The van der Waals surface area contributed by atoms with Gasteiger partial charge in [0.1, 0.15) is 12.2 Å². The monoisotopic (exact) mass is 880 g/mol. The first-order valence-electron chi connectivity index (χ1n) is 22.7. The van der Waals surface area contributed by atoms with Gasteiger partial charge in [0, 0.05) is 17.4 Å². The number of rotatable bonds is 21. The maximum Gasteiger partial charge on any atom is 0.508 e. The number of benzene rings is 2. The standard InChI is InChI=1S/C48H64O15/c1-5-6-7-8-9-10-11-12-13-14-15-16-17-18-19-20-21-55-48(52)63-45-41(50)47(61-37-27-56-29(2)60-44(37)45)62-42-33-22-31-26-57-46(51)39(31)38(32(33)25-36-43(42)59-28-58-36)30-23-34(53-3)40(49)35(24-30)54-4/h9-10,12-13,23-25,29,31,37-39,41,44-45,47,49-50H,5-8,11,14-22,26-28H2,1-4H3/t29-,31+,37-,38-,39?,41-,44?,45-,47+/m1/s1. The molecular formula is C48H64O15. The van der Waals surface area contributed by atoms with Crippen LogP contribution in [0.15, 0.2) is 42.5 Å². The molecular weight excluding hydrogens is 817 g/mol. The molecule has 2 N–H and O–H groups in total. The van der Waals surface area contributed by atoms with Gasteiger partial charge >= 0.3 is 12.1 Å². The first-order chi connectivity index (χ1) is 30.7. The maximum atomic E-state index is 13.4. The first-order valence-corrected chi connectivity index (χ1v) is 22.7. The van der Waals surface area contributed by atoms with Crippen molar-refractivity contribution in [3.63, 3.8) is 0 Å². The summed E-state index contributed by atoms with van der Waals surface area (Å²) in [7, 11) is 2.87. The average Bonchev–Trinajstić information content (AvgIpc) is 3.91. The van der Waals surface area contributed by atoms with Crippen molar-refractivity contribution in [3.8, 4) is 34.5 Å². The summed E-state index contributed by atoms with van der Waals surface area (Å²) < 4.78 is 64.4. The van der Waals surface area contributed by atoms with Crippen LogP contribution < -0.4 is 23.7 Å².